The van der Waals surface area contributed by atoms with Gasteiger partial charge in [0.2, 0.25) is 0 Å². The number of amides is 1. The normalized spacial score (nSPS) is 20.5. The number of hydrogen-bond acceptors (Lipinski definition) is 6. The summed E-state index contributed by atoms with van der Waals surface area (Å²) in [6.07, 6.45) is 2.69. The van der Waals surface area contributed by atoms with E-state index in [-0.39, 0.29) is 24.5 Å². The molecule has 2 aromatic heterocycles. The van der Waals surface area contributed by atoms with Crippen molar-refractivity contribution in [3.8, 4) is 0 Å². The summed E-state index contributed by atoms with van der Waals surface area (Å²) in [5.74, 6) is -1.07. The van der Waals surface area contributed by atoms with Crippen LogP contribution in [-0.4, -0.2) is 57.8 Å². The van der Waals surface area contributed by atoms with E-state index in [1.807, 2.05) is 0 Å². The van der Waals surface area contributed by atoms with E-state index in [2.05, 4.69) is 30.9 Å². The van der Waals surface area contributed by atoms with Gasteiger partial charge in [-0.3, -0.25) is 4.79 Å². The highest BCUT2D eigenvalue weighted by molar-refractivity contribution is 6.07. The highest BCUT2D eigenvalue weighted by Crippen LogP contribution is 2.41. The van der Waals surface area contributed by atoms with Gasteiger partial charge >= 0.3 is 5.97 Å². The summed E-state index contributed by atoms with van der Waals surface area (Å²) < 4.78 is 10.8. The Morgan fingerprint density at radius 1 is 1.32 bits per heavy atom. The Bertz CT molecular complexity index is 926. The van der Waals surface area contributed by atoms with Crippen molar-refractivity contribution < 1.29 is 24.0 Å². The van der Waals surface area contributed by atoms with E-state index in [0.29, 0.717) is 41.3 Å². The van der Waals surface area contributed by atoms with E-state index in [1.54, 1.807) is 6.07 Å². The third-order valence-corrected chi connectivity index (χ3v) is 5.14. The number of morpholine rings is 1. The van der Waals surface area contributed by atoms with Crippen LogP contribution >= 0.6 is 0 Å². The number of ether oxygens (including phenoxy) is 1. The topological polar surface area (TPSA) is 106 Å². The second kappa shape index (κ2) is 6.84. The summed E-state index contributed by atoms with van der Waals surface area (Å²) >= 11 is 0. The maximum absolute atomic E-state index is 13.4. The standard InChI is InChI=1S/C20H25N3O5/c1-20(2,3)9-14-16-12(8-13(11-4-5-11)21-17(16)28-22-14)18(24)23-6-7-27-10-15(23)19(25)26/h8,11,15H,4-7,9-10H2,1-3H3,(H,25,26). The van der Waals surface area contributed by atoms with Crippen LogP contribution in [0.1, 0.15) is 61.3 Å². The van der Waals surface area contributed by atoms with Crippen molar-refractivity contribution in [2.75, 3.05) is 19.8 Å². The number of carboxylic acid groups (broad SMARTS) is 1. The SMILES string of the molecule is CC(C)(C)Cc1noc2nc(C3CC3)cc(C(=O)N3CCOCC3C(=O)O)c12. The molecule has 3 heterocycles. The average molecular weight is 387 g/mol. The summed E-state index contributed by atoms with van der Waals surface area (Å²) in [5, 5.41) is 14.3. The molecule has 1 N–H and O–H groups in total. The lowest BCUT2D eigenvalue weighted by Crippen LogP contribution is -2.52. The molecule has 1 atom stereocenters. The van der Waals surface area contributed by atoms with E-state index in [9.17, 15) is 14.7 Å². The molecular formula is C20H25N3O5. The Morgan fingerprint density at radius 2 is 2.07 bits per heavy atom. The first-order valence-corrected chi connectivity index (χ1v) is 9.65. The average Bonchev–Trinajstić information content (AvgIpc) is 3.42. The van der Waals surface area contributed by atoms with Crippen LogP contribution in [0, 0.1) is 5.41 Å². The molecule has 1 unspecified atom stereocenters. The van der Waals surface area contributed by atoms with Crippen molar-refractivity contribution >= 4 is 23.0 Å². The Labute approximate surface area is 162 Å². The van der Waals surface area contributed by atoms with Gasteiger partial charge in [-0.2, -0.15) is 0 Å². The highest BCUT2D eigenvalue weighted by Gasteiger charge is 2.36. The first-order chi connectivity index (χ1) is 13.2. The van der Waals surface area contributed by atoms with Crippen LogP contribution in [-0.2, 0) is 16.0 Å². The Kier molecular flexibility index (Phi) is 4.61. The molecule has 28 heavy (non-hydrogen) atoms. The number of nitrogens with zero attached hydrogens (tertiary/aromatic N) is 3. The van der Waals surface area contributed by atoms with E-state index >= 15 is 0 Å². The van der Waals surface area contributed by atoms with Crippen molar-refractivity contribution in [3.05, 3.63) is 23.0 Å². The fourth-order valence-corrected chi connectivity index (χ4v) is 3.62. The number of fused-ring (bicyclic) bond motifs is 1. The van der Waals surface area contributed by atoms with Crippen LogP contribution < -0.4 is 0 Å². The molecule has 150 valence electrons. The molecule has 1 amide bonds. The quantitative estimate of drug-likeness (QED) is 0.859. The first-order valence-electron chi connectivity index (χ1n) is 9.65. The molecule has 8 heteroatoms. The smallest absolute Gasteiger partial charge is 0.328 e. The molecule has 2 aromatic rings. The molecule has 0 bridgehead atoms. The summed E-state index contributed by atoms with van der Waals surface area (Å²) in [4.78, 5) is 31.1. The molecule has 1 aliphatic carbocycles. The number of hydrogen-bond donors (Lipinski definition) is 1. The van der Waals surface area contributed by atoms with Crippen LogP contribution in [0.25, 0.3) is 11.1 Å². The number of carboxylic acids is 1. The van der Waals surface area contributed by atoms with Gasteiger partial charge in [-0.25, -0.2) is 9.78 Å². The predicted octanol–water partition coefficient (Wildman–Crippen LogP) is 2.61. The maximum atomic E-state index is 13.4. The number of carbonyl (C=O) groups is 2. The fourth-order valence-electron chi connectivity index (χ4n) is 3.62. The Morgan fingerprint density at radius 3 is 2.71 bits per heavy atom. The summed E-state index contributed by atoms with van der Waals surface area (Å²) in [6, 6.07) is 0.805. The zero-order chi connectivity index (χ0) is 20.1. The minimum atomic E-state index is -1.07. The number of aromatic nitrogens is 2. The summed E-state index contributed by atoms with van der Waals surface area (Å²) in [5.41, 5.74) is 2.23. The first kappa shape index (κ1) is 18.9. The number of rotatable bonds is 4. The van der Waals surface area contributed by atoms with Gasteiger partial charge in [0.05, 0.1) is 29.9 Å². The van der Waals surface area contributed by atoms with Crippen LogP contribution in [0.4, 0.5) is 0 Å². The van der Waals surface area contributed by atoms with E-state index in [1.165, 1.54) is 4.90 Å². The van der Waals surface area contributed by atoms with E-state index in [0.717, 1.165) is 18.5 Å². The molecule has 0 aromatic carbocycles. The van der Waals surface area contributed by atoms with Gasteiger partial charge in [-0.1, -0.05) is 25.9 Å². The van der Waals surface area contributed by atoms with Gasteiger partial charge in [0.1, 0.15) is 0 Å². The molecule has 4 rings (SSSR count). The van der Waals surface area contributed by atoms with Gasteiger partial charge in [0, 0.05) is 18.2 Å². The number of aliphatic carboxylic acids is 1. The molecule has 1 saturated carbocycles. The van der Waals surface area contributed by atoms with Crippen molar-refractivity contribution in [2.24, 2.45) is 5.41 Å². The maximum Gasteiger partial charge on any atom is 0.328 e. The number of carbonyl (C=O) groups excluding carboxylic acids is 1. The monoisotopic (exact) mass is 387 g/mol. The van der Waals surface area contributed by atoms with Crippen LogP contribution in [0.15, 0.2) is 10.6 Å². The molecule has 1 saturated heterocycles. The zero-order valence-corrected chi connectivity index (χ0v) is 16.4. The van der Waals surface area contributed by atoms with Crippen molar-refractivity contribution in [3.63, 3.8) is 0 Å². The molecule has 2 aliphatic rings. The van der Waals surface area contributed by atoms with Gasteiger partial charge < -0.3 is 19.3 Å². The largest absolute Gasteiger partial charge is 0.480 e. The minimum absolute atomic E-state index is 0.0106. The van der Waals surface area contributed by atoms with Gasteiger partial charge in [0.15, 0.2) is 6.04 Å². The second-order valence-corrected chi connectivity index (χ2v) is 8.84. The van der Waals surface area contributed by atoms with Crippen LogP contribution in [0.2, 0.25) is 0 Å². The van der Waals surface area contributed by atoms with Crippen molar-refractivity contribution in [1.29, 1.82) is 0 Å². The molecule has 8 nitrogen and oxygen atoms in total. The Hall–Kier alpha value is -2.48. The van der Waals surface area contributed by atoms with Crippen molar-refractivity contribution in [2.45, 2.75) is 52.0 Å². The lowest BCUT2D eigenvalue weighted by molar-refractivity contribution is -0.147. The number of pyridine rings is 1. The Balaban J connectivity index is 1.82. The van der Waals surface area contributed by atoms with Crippen molar-refractivity contribution in [1.82, 2.24) is 15.0 Å². The molecule has 0 spiro atoms. The van der Waals surface area contributed by atoms with Gasteiger partial charge in [-0.15, -0.1) is 0 Å². The third-order valence-electron chi connectivity index (χ3n) is 5.14. The van der Waals surface area contributed by atoms with Gasteiger partial charge in [-0.05, 0) is 30.7 Å². The summed E-state index contributed by atoms with van der Waals surface area (Å²) in [6.45, 7) is 6.80. The van der Waals surface area contributed by atoms with Crippen LogP contribution in [0.5, 0.6) is 0 Å². The lowest BCUT2D eigenvalue weighted by Gasteiger charge is -2.33. The van der Waals surface area contributed by atoms with E-state index < -0.39 is 12.0 Å². The molecule has 2 fully saturated rings. The van der Waals surface area contributed by atoms with Crippen LogP contribution in [0.3, 0.4) is 0 Å². The lowest BCUT2D eigenvalue weighted by atomic mass is 9.89. The summed E-state index contributed by atoms with van der Waals surface area (Å²) in [7, 11) is 0. The van der Waals surface area contributed by atoms with E-state index in [4.69, 9.17) is 9.26 Å². The molecule has 1 aliphatic heterocycles. The fraction of sp³-hybridized carbons (Fsp3) is 0.600. The van der Waals surface area contributed by atoms with Gasteiger partial charge in [0.25, 0.3) is 11.6 Å². The molecule has 0 radical (unpaired) electrons. The highest BCUT2D eigenvalue weighted by atomic mass is 16.5. The third kappa shape index (κ3) is 3.61. The minimum Gasteiger partial charge on any atom is -0.480 e. The molecular weight excluding hydrogens is 362 g/mol. The predicted molar refractivity (Wildman–Crippen MR) is 100 cm³/mol. The zero-order valence-electron chi connectivity index (χ0n) is 16.4. The second-order valence-electron chi connectivity index (χ2n) is 8.84.